The number of allylic oxidation sites excluding steroid dienone is 4. The first-order valence-corrected chi connectivity index (χ1v) is 21.2. The Bertz CT molecular complexity index is 2230. The molecule has 0 aliphatic heterocycles. The van der Waals surface area contributed by atoms with Gasteiger partial charge in [-0.1, -0.05) is 119 Å². The summed E-state index contributed by atoms with van der Waals surface area (Å²) in [7, 11) is 0. The molecule has 0 aromatic heterocycles. The first kappa shape index (κ1) is 47.6. The summed E-state index contributed by atoms with van der Waals surface area (Å²) in [6.45, 7) is 30.0. The van der Waals surface area contributed by atoms with Gasteiger partial charge in [-0.25, -0.2) is 11.6 Å². The summed E-state index contributed by atoms with van der Waals surface area (Å²) in [6, 6.07) is 31.2. The Morgan fingerprint density at radius 1 is 0.638 bits per heavy atom. The Morgan fingerprint density at radius 3 is 1.59 bits per heavy atom. The number of rotatable bonds is 2. The summed E-state index contributed by atoms with van der Waals surface area (Å²) in [5.41, 5.74) is 18.3. The van der Waals surface area contributed by atoms with E-state index in [0.717, 1.165) is 45.0 Å². The van der Waals surface area contributed by atoms with E-state index in [4.69, 9.17) is 0 Å². The first-order valence-electron chi connectivity index (χ1n) is 19.9. The SMILES string of the molecule is CC(C)(C)C1=[C-]C(C)(C)c2cc3c(cc21)-c1cc2c(cc1C3)C(C)(C)C=C2C(C)(C)C.CC(C)(C)c1cc[cH-]c1.Fc1cccc([C](=[Zr+2])c2cccc(F)c2)c1.[Cl-].[Cl-]. The second-order valence-electron chi connectivity index (χ2n) is 20.0. The summed E-state index contributed by atoms with van der Waals surface area (Å²) in [5.74, 6) is -0.539. The number of benzene rings is 4. The van der Waals surface area contributed by atoms with Gasteiger partial charge >= 0.3 is 108 Å². The minimum Gasteiger partial charge on any atom is -1.00 e. The third-order valence-electron chi connectivity index (χ3n) is 11.3. The minimum absolute atomic E-state index is 0. The van der Waals surface area contributed by atoms with Crippen LogP contribution in [-0.4, -0.2) is 3.21 Å². The summed E-state index contributed by atoms with van der Waals surface area (Å²) in [5, 5.41) is 0. The molecule has 0 saturated carbocycles. The van der Waals surface area contributed by atoms with Crippen LogP contribution >= 0.6 is 0 Å². The third-order valence-corrected chi connectivity index (χ3v) is 12.8. The molecule has 304 valence electrons. The van der Waals surface area contributed by atoms with E-state index < -0.39 is 0 Å². The van der Waals surface area contributed by atoms with Gasteiger partial charge in [-0.2, -0.15) is 29.3 Å². The Hall–Kier alpha value is -3.10. The molecular weight excluding hydrogens is 837 g/mol. The minimum atomic E-state index is -0.270. The van der Waals surface area contributed by atoms with Gasteiger partial charge in [0, 0.05) is 5.41 Å². The Labute approximate surface area is 375 Å². The molecule has 0 amide bonds. The van der Waals surface area contributed by atoms with E-state index in [9.17, 15) is 8.78 Å². The number of hydrogen-bond acceptors (Lipinski definition) is 0. The predicted octanol–water partition coefficient (Wildman–Crippen LogP) is 8.29. The molecule has 0 N–H and O–H groups in total. The van der Waals surface area contributed by atoms with Crippen molar-refractivity contribution in [3.63, 3.8) is 0 Å². The van der Waals surface area contributed by atoms with Crippen molar-refractivity contribution in [1.82, 2.24) is 0 Å². The van der Waals surface area contributed by atoms with E-state index in [2.05, 4.69) is 151 Å². The smallest absolute Gasteiger partial charge is 1.00 e. The quantitative estimate of drug-likeness (QED) is 0.154. The fraction of sp³-hybridized carbons (Fsp3) is 0.358. The van der Waals surface area contributed by atoms with Gasteiger partial charge in [0.2, 0.25) is 0 Å². The molecule has 0 saturated heterocycles. The molecule has 0 nitrogen and oxygen atoms in total. The van der Waals surface area contributed by atoms with Gasteiger partial charge in [-0.15, -0.1) is 11.6 Å². The average Bonchev–Trinajstić information content (AvgIpc) is 3.87. The second kappa shape index (κ2) is 17.1. The standard InChI is InChI=1S/C31H37.C13H8F2.C9H13.2ClH.Zr/c1-28(2,3)26-16-30(7,8)24-12-18-11-19-13-25-23(15-21(19)20(18)14-22(24)26)27(29(4,5)6)17-31(25,9)10;14-12-5-1-3-10(8-12)7-11-4-2-6-13(15)9-11;1-9(2,3)8-6-4-5-7-8;;;/h12-16H,11H2,1-10H3;1-6,8-9H;4-7H,1-3H3;2*1H;/q-1;;-1;;;+2/p-2. The maximum atomic E-state index is 13.0. The van der Waals surface area contributed by atoms with Crippen LogP contribution in [0.3, 0.4) is 0 Å². The van der Waals surface area contributed by atoms with Crippen LogP contribution in [0.15, 0.2) is 103 Å². The van der Waals surface area contributed by atoms with Gasteiger partial charge in [0.1, 0.15) is 0 Å². The van der Waals surface area contributed by atoms with E-state index in [1.807, 2.05) is 12.1 Å². The number of fused-ring (bicyclic) bond motifs is 5. The van der Waals surface area contributed by atoms with Crippen LogP contribution in [0.4, 0.5) is 8.78 Å². The fourth-order valence-corrected chi connectivity index (χ4v) is 9.04. The van der Waals surface area contributed by atoms with Crippen LogP contribution in [0.1, 0.15) is 140 Å². The van der Waals surface area contributed by atoms with Crippen LogP contribution in [0.25, 0.3) is 22.3 Å². The van der Waals surface area contributed by atoms with Crippen LogP contribution in [0, 0.1) is 28.5 Å². The topological polar surface area (TPSA) is 0 Å². The van der Waals surface area contributed by atoms with E-state index in [0.29, 0.717) is 5.41 Å². The fourth-order valence-electron chi connectivity index (χ4n) is 8.27. The molecule has 0 heterocycles. The molecule has 0 unspecified atom stereocenters. The van der Waals surface area contributed by atoms with Gasteiger partial charge in [-0.05, 0) is 62.3 Å². The van der Waals surface area contributed by atoms with Crippen molar-refractivity contribution < 1.29 is 57.8 Å². The average molecular weight is 895 g/mol. The van der Waals surface area contributed by atoms with Crippen molar-refractivity contribution in [3.8, 4) is 11.1 Å². The zero-order valence-corrected chi connectivity index (χ0v) is 40.5. The van der Waals surface area contributed by atoms with Gasteiger partial charge in [0.15, 0.2) is 0 Å². The molecule has 0 radical (unpaired) electrons. The Kier molecular flexibility index (Phi) is 14.0. The maximum Gasteiger partial charge on any atom is -1.00 e. The van der Waals surface area contributed by atoms with Crippen molar-refractivity contribution in [1.29, 1.82) is 0 Å². The molecule has 58 heavy (non-hydrogen) atoms. The molecule has 5 aromatic rings. The summed E-state index contributed by atoms with van der Waals surface area (Å²) in [4.78, 5) is 0. The Morgan fingerprint density at radius 2 is 1.16 bits per heavy atom. The zero-order valence-electron chi connectivity index (χ0n) is 36.5. The van der Waals surface area contributed by atoms with E-state index in [-0.39, 0.29) is 58.1 Å². The molecule has 5 aromatic carbocycles. The van der Waals surface area contributed by atoms with Gasteiger partial charge < -0.3 is 24.8 Å². The van der Waals surface area contributed by atoms with Crippen molar-refractivity contribution in [2.45, 2.75) is 113 Å². The normalized spacial score (nSPS) is 15.4. The summed E-state index contributed by atoms with van der Waals surface area (Å²) in [6.07, 6.45) is 7.41. The maximum absolute atomic E-state index is 13.0. The third kappa shape index (κ3) is 9.91. The molecule has 0 spiro atoms. The van der Waals surface area contributed by atoms with Crippen molar-refractivity contribution in [2.24, 2.45) is 10.8 Å². The van der Waals surface area contributed by atoms with Gasteiger partial charge in [-0.3, -0.25) is 6.08 Å². The van der Waals surface area contributed by atoms with E-state index in [1.54, 1.807) is 12.1 Å². The molecule has 0 bridgehead atoms. The van der Waals surface area contributed by atoms with Gasteiger partial charge in [0.25, 0.3) is 0 Å². The molecule has 0 fully saturated rings. The molecule has 3 aliphatic rings. The number of hydrogen-bond donors (Lipinski definition) is 0. The second-order valence-corrected chi connectivity index (χ2v) is 21.2. The van der Waals surface area contributed by atoms with Crippen molar-refractivity contribution in [2.75, 3.05) is 0 Å². The van der Waals surface area contributed by atoms with Crippen molar-refractivity contribution >= 4 is 14.4 Å². The van der Waals surface area contributed by atoms with E-state index >= 15 is 0 Å². The Balaban J connectivity index is 0.000000230. The largest absolute Gasteiger partial charge is 1.00 e. The summed E-state index contributed by atoms with van der Waals surface area (Å²) < 4.78 is 27.0. The van der Waals surface area contributed by atoms with Crippen LogP contribution in [-0.2, 0) is 46.9 Å². The monoisotopic (exact) mass is 892 g/mol. The van der Waals surface area contributed by atoms with Crippen molar-refractivity contribution in [3.05, 3.63) is 171 Å². The van der Waals surface area contributed by atoms with Crippen LogP contribution < -0.4 is 24.8 Å². The number of halogens is 4. The molecule has 8 rings (SSSR count). The van der Waals surface area contributed by atoms with Crippen LogP contribution in [0.5, 0.6) is 0 Å². The zero-order chi connectivity index (χ0) is 41.2. The van der Waals surface area contributed by atoms with Crippen LogP contribution in [0.2, 0.25) is 0 Å². The van der Waals surface area contributed by atoms with E-state index in [1.165, 1.54) is 85.5 Å². The molecule has 3 aliphatic carbocycles. The first-order chi connectivity index (χ1) is 25.9. The summed E-state index contributed by atoms with van der Waals surface area (Å²) >= 11 is 1.13. The molecular formula is C53H58Cl2F2Zr-2. The predicted molar refractivity (Wildman–Crippen MR) is 231 cm³/mol. The van der Waals surface area contributed by atoms with Gasteiger partial charge in [0.05, 0.1) is 0 Å². The molecule has 0 atom stereocenters. The molecule has 5 heteroatoms.